The number of ether oxygens (including phenoxy) is 1. The molecule has 0 aromatic carbocycles. The lowest BCUT2D eigenvalue weighted by Crippen LogP contribution is -2.45. The van der Waals surface area contributed by atoms with E-state index in [1.807, 2.05) is 0 Å². The van der Waals surface area contributed by atoms with Gasteiger partial charge in [-0.05, 0) is 51.4 Å². The van der Waals surface area contributed by atoms with Crippen molar-refractivity contribution in [1.29, 1.82) is 0 Å². The molecule has 6 nitrogen and oxygen atoms in total. The Morgan fingerprint density at radius 2 is 0.770 bits per heavy atom. The van der Waals surface area contributed by atoms with Gasteiger partial charge in [-0.2, -0.15) is 0 Å². The van der Waals surface area contributed by atoms with Crippen molar-refractivity contribution in [3.8, 4) is 0 Å². The van der Waals surface area contributed by atoms with Gasteiger partial charge in [-0.15, -0.1) is 0 Å². The third-order valence-electron chi connectivity index (χ3n) is 12.8. The van der Waals surface area contributed by atoms with E-state index < -0.39 is 12.1 Å². The van der Waals surface area contributed by atoms with E-state index in [1.165, 1.54) is 212 Å². The summed E-state index contributed by atoms with van der Waals surface area (Å²) in [6.07, 6.45) is 59.0. The smallest absolute Gasteiger partial charge is 0.305 e. The Labute approximate surface area is 380 Å². The topological polar surface area (TPSA) is 95.9 Å². The molecule has 2 unspecified atom stereocenters. The summed E-state index contributed by atoms with van der Waals surface area (Å²) >= 11 is 0. The fourth-order valence-electron chi connectivity index (χ4n) is 8.58. The van der Waals surface area contributed by atoms with Gasteiger partial charge in [-0.1, -0.05) is 251 Å². The van der Waals surface area contributed by atoms with Gasteiger partial charge in [0.05, 0.1) is 25.4 Å². The summed E-state index contributed by atoms with van der Waals surface area (Å²) in [6, 6.07) is -0.555. The maximum atomic E-state index is 12.5. The minimum absolute atomic E-state index is 0.0203. The van der Waals surface area contributed by atoms with Crippen LogP contribution in [0.4, 0.5) is 0 Å². The highest BCUT2D eigenvalue weighted by molar-refractivity contribution is 5.76. The molecule has 0 aromatic heterocycles. The van der Waals surface area contributed by atoms with Crippen molar-refractivity contribution in [3.05, 3.63) is 12.2 Å². The summed E-state index contributed by atoms with van der Waals surface area (Å²) < 4.78 is 5.46. The second-order valence-corrected chi connectivity index (χ2v) is 18.9. The zero-order valence-corrected chi connectivity index (χ0v) is 41.2. The van der Waals surface area contributed by atoms with Crippen molar-refractivity contribution in [2.45, 2.75) is 315 Å². The van der Waals surface area contributed by atoms with Gasteiger partial charge >= 0.3 is 5.97 Å². The van der Waals surface area contributed by atoms with Crippen LogP contribution in [0.1, 0.15) is 303 Å². The lowest BCUT2D eigenvalue weighted by Gasteiger charge is -2.22. The third-order valence-corrected chi connectivity index (χ3v) is 12.8. The van der Waals surface area contributed by atoms with Crippen molar-refractivity contribution in [2.75, 3.05) is 13.2 Å². The number of nitrogens with one attached hydrogen (secondary N) is 1. The van der Waals surface area contributed by atoms with Crippen LogP contribution < -0.4 is 5.32 Å². The summed E-state index contributed by atoms with van der Waals surface area (Å²) in [5, 5.41) is 23.3. The number of unbranched alkanes of at least 4 members (excludes halogenated alkanes) is 38. The molecule has 0 spiro atoms. The fraction of sp³-hybridized carbons (Fsp3) is 0.927. The number of hydrogen-bond acceptors (Lipinski definition) is 5. The molecule has 0 aliphatic rings. The molecule has 0 bridgehead atoms. The second-order valence-electron chi connectivity index (χ2n) is 18.9. The van der Waals surface area contributed by atoms with E-state index in [9.17, 15) is 19.8 Å². The van der Waals surface area contributed by atoms with Gasteiger partial charge in [0, 0.05) is 12.8 Å². The lowest BCUT2D eigenvalue weighted by atomic mass is 10.0. The van der Waals surface area contributed by atoms with Gasteiger partial charge in [-0.3, -0.25) is 9.59 Å². The zero-order chi connectivity index (χ0) is 44.4. The molecule has 0 aliphatic heterocycles. The second kappa shape index (κ2) is 51.2. The first-order chi connectivity index (χ1) is 30.0. The van der Waals surface area contributed by atoms with Crippen LogP contribution in [-0.4, -0.2) is 47.4 Å². The Morgan fingerprint density at radius 1 is 0.443 bits per heavy atom. The average Bonchev–Trinajstić information content (AvgIpc) is 3.26. The molecule has 6 heteroatoms. The SMILES string of the molecule is CCCCCCCCC/C=C\CCCCCCCC(=O)OCCCCCCCCCCCCCC(=O)NC(CO)C(O)CCCCCCCCCCCCCCCCCCC. The number of hydrogen-bond donors (Lipinski definition) is 3. The Kier molecular flexibility index (Phi) is 50.1. The Balaban J connectivity index is 3.46. The maximum absolute atomic E-state index is 12.5. The Hall–Kier alpha value is -1.40. The minimum Gasteiger partial charge on any atom is -0.466 e. The third kappa shape index (κ3) is 47.9. The van der Waals surface area contributed by atoms with Crippen molar-refractivity contribution >= 4 is 11.9 Å². The first kappa shape index (κ1) is 59.6. The molecular formula is C55H107NO5. The van der Waals surface area contributed by atoms with Gasteiger partial charge < -0.3 is 20.3 Å². The summed E-state index contributed by atoms with van der Waals surface area (Å²) in [7, 11) is 0. The van der Waals surface area contributed by atoms with Crippen LogP contribution in [0, 0.1) is 0 Å². The number of amides is 1. The molecule has 3 N–H and O–H groups in total. The van der Waals surface area contributed by atoms with E-state index in [4.69, 9.17) is 4.74 Å². The summed E-state index contributed by atoms with van der Waals surface area (Å²) in [4.78, 5) is 24.5. The number of carbonyl (C=O) groups excluding carboxylic acids is 2. The molecule has 362 valence electrons. The zero-order valence-electron chi connectivity index (χ0n) is 41.2. The maximum Gasteiger partial charge on any atom is 0.305 e. The first-order valence-corrected chi connectivity index (χ1v) is 27.4. The molecule has 0 aliphatic carbocycles. The Morgan fingerprint density at radius 3 is 1.16 bits per heavy atom. The van der Waals surface area contributed by atoms with E-state index in [-0.39, 0.29) is 18.5 Å². The summed E-state index contributed by atoms with van der Waals surface area (Å²) in [6.45, 7) is 4.92. The Bertz CT molecular complexity index is 909. The molecule has 0 rings (SSSR count). The van der Waals surface area contributed by atoms with Crippen LogP contribution >= 0.6 is 0 Å². The van der Waals surface area contributed by atoms with E-state index >= 15 is 0 Å². The van der Waals surface area contributed by atoms with Crippen LogP contribution in [0.5, 0.6) is 0 Å². The predicted molar refractivity (Wildman–Crippen MR) is 264 cm³/mol. The molecule has 0 radical (unpaired) electrons. The highest BCUT2D eigenvalue weighted by Gasteiger charge is 2.20. The summed E-state index contributed by atoms with van der Waals surface area (Å²) in [5.41, 5.74) is 0. The normalized spacial score (nSPS) is 12.7. The molecule has 0 aromatic rings. The molecule has 0 saturated heterocycles. The largest absolute Gasteiger partial charge is 0.466 e. The van der Waals surface area contributed by atoms with Crippen LogP contribution in [0.15, 0.2) is 12.2 Å². The van der Waals surface area contributed by atoms with Crippen molar-refractivity contribution < 1.29 is 24.5 Å². The minimum atomic E-state index is -0.676. The van der Waals surface area contributed by atoms with Gasteiger partial charge in [0.2, 0.25) is 5.91 Å². The predicted octanol–water partition coefficient (Wildman–Crippen LogP) is 16.5. The first-order valence-electron chi connectivity index (χ1n) is 27.4. The quantitative estimate of drug-likeness (QED) is 0.0322. The van der Waals surface area contributed by atoms with E-state index in [2.05, 4.69) is 31.3 Å². The molecule has 2 atom stereocenters. The molecule has 0 fully saturated rings. The number of aliphatic hydroxyl groups is 2. The number of aliphatic hydroxyl groups excluding tert-OH is 2. The van der Waals surface area contributed by atoms with Crippen LogP contribution in [0.3, 0.4) is 0 Å². The molecule has 1 amide bonds. The number of rotatable bonds is 51. The van der Waals surface area contributed by atoms with Crippen molar-refractivity contribution in [2.24, 2.45) is 0 Å². The number of allylic oxidation sites excluding steroid dienone is 2. The fourth-order valence-corrected chi connectivity index (χ4v) is 8.58. The average molecular weight is 862 g/mol. The van der Waals surface area contributed by atoms with E-state index in [0.29, 0.717) is 25.9 Å². The van der Waals surface area contributed by atoms with E-state index in [0.717, 1.165) is 57.8 Å². The number of esters is 1. The van der Waals surface area contributed by atoms with E-state index in [1.54, 1.807) is 0 Å². The molecule has 0 heterocycles. The van der Waals surface area contributed by atoms with Crippen LogP contribution in [0.2, 0.25) is 0 Å². The van der Waals surface area contributed by atoms with Gasteiger partial charge in [-0.25, -0.2) is 0 Å². The van der Waals surface area contributed by atoms with Crippen molar-refractivity contribution in [1.82, 2.24) is 5.32 Å². The lowest BCUT2D eigenvalue weighted by molar-refractivity contribution is -0.143. The summed E-state index contributed by atoms with van der Waals surface area (Å²) in [5.74, 6) is -0.0722. The van der Waals surface area contributed by atoms with Gasteiger partial charge in [0.15, 0.2) is 0 Å². The van der Waals surface area contributed by atoms with Gasteiger partial charge in [0.25, 0.3) is 0 Å². The highest BCUT2D eigenvalue weighted by Crippen LogP contribution is 2.17. The monoisotopic (exact) mass is 862 g/mol. The standard InChI is InChI=1S/C55H107NO5/c1-3-5-7-9-11-13-15-17-19-21-22-24-27-31-35-39-43-47-53(58)52(51-57)56-54(59)48-44-40-36-32-28-26-30-34-38-42-46-50-61-55(60)49-45-41-37-33-29-25-23-20-18-16-14-12-10-8-6-4-2/h20,23,52-53,57-58H,3-19,21-22,24-51H2,1-2H3,(H,56,59)/b23-20-. The van der Waals surface area contributed by atoms with Crippen LogP contribution in [0.25, 0.3) is 0 Å². The van der Waals surface area contributed by atoms with Gasteiger partial charge in [0.1, 0.15) is 0 Å². The molecule has 0 saturated carbocycles. The highest BCUT2D eigenvalue weighted by atomic mass is 16.5. The molecular weight excluding hydrogens is 755 g/mol. The molecule has 61 heavy (non-hydrogen) atoms. The van der Waals surface area contributed by atoms with Crippen molar-refractivity contribution in [3.63, 3.8) is 0 Å². The number of carbonyl (C=O) groups is 2. The van der Waals surface area contributed by atoms with Crippen LogP contribution in [-0.2, 0) is 14.3 Å².